The standard InChI is InChI=1S/C13H16ClN3O2/c14-12-6-5-11(17(18)19)13(15-12)16-8-7-9-3-1-2-4-10(9)16/h5-6,9-10H,1-4,7-8H2. The first-order chi connectivity index (χ1) is 9.16. The molecule has 0 aromatic carbocycles. The van der Waals surface area contributed by atoms with Gasteiger partial charge in [0.05, 0.1) is 4.92 Å². The van der Waals surface area contributed by atoms with Crippen molar-refractivity contribution in [3.8, 4) is 0 Å². The molecule has 2 fully saturated rings. The first-order valence-electron chi connectivity index (χ1n) is 6.74. The lowest BCUT2D eigenvalue weighted by atomic mass is 9.85. The molecular weight excluding hydrogens is 266 g/mol. The first-order valence-corrected chi connectivity index (χ1v) is 7.12. The summed E-state index contributed by atoms with van der Waals surface area (Å²) in [5.41, 5.74) is 0.0654. The van der Waals surface area contributed by atoms with E-state index in [-0.39, 0.29) is 10.6 Å². The van der Waals surface area contributed by atoms with Crippen molar-refractivity contribution in [3.05, 3.63) is 27.4 Å². The van der Waals surface area contributed by atoms with Crippen molar-refractivity contribution in [1.82, 2.24) is 4.98 Å². The van der Waals surface area contributed by atoms with Gasteiger partial charge in [-0.05, 0) is 31.2 Å². The van der Waals surface area contributed by atoms with Gasteiger partial charge < -0.3 is 4.90 Å². The van der Waals surface area contributed by atoms with Gasteiger partial charge in [-0.15, -0.1) is 0 Å². The van der Waals surface area contributed by atoms with Crippen molar-refractivity contribution in [1.29, 1.82) is 0 Å². The van der Waals surface area contributed by atoms with Crippen LogP contribution in [0.4, 0.5) is 11.5 Å². The van der Waals surface area contributed by atoms with Crippen LogP contribution in [0.2, 0.25) is 5.15 Å². The van der Waals surface area contributed by atoms with Gasteiger partial charge in [0.2, 0.25) is 5.82 Å². The summed E-state index contributed by atoms with van der Waals surface area (Å²) in [4.78, 5) is 17.1. The number of rotatable bonds is 2. The highest BCUT2D eigenvalue weighted by atomic mass is 35.5. The molecular formula is C13H16ClN3O2. The predicted molar refractivity (Wildman–Crippen MR) is 73.6 cm³/mol. The van der Waals surface area contributed by atoms with Gasteiger partial charge in [0.1, 0.15) is 5.15 Å². The summed E-state index contributed by atoms with van der Waals surface area (Å²) in [7, 11) is 0. The minimum absolute atomic E-state index is 0.0654. The van der Waals surface area contributed by atoms with E-state index >= 15 is 0 Å². The molecule has 2 unspecified atom stereocenters. The number of nitrogens with zero attached hydrogens (tertiary/aromatic N) is 3. The average molecular weight is 282 g/mol. The Morgan fingerprint density at radius 2 is 2.11 bits per heavy atom. The van der Waals surface area contributed by atoms with Gasteiger partial charge in [-0.25, -0.2) is 4.98 Å². The fraction of sp³-hybridized carbons (Fsp3) is 0.615. The number of fused-ring (bicyclic) bond motifs is 1. The second-order valence-corrected chi connectivity index (χ2v) is 5.72. The summed E-state index contributed by atoms with van der Waals surface area (Å²) >= 11 is 5.91. The molecule has 0 N–H and O–H groups in total. The molecule has 19 heavy (non-hydrogen) atoms. The molecule has 2 heterocycles. The normalized spacial score (nSPS) is 26.3. The van der Waals surface area contributed by atoms with E-state index < -0.39 is 0 Å². The Morgan fingerprint density at radius 1 is 1.32 bits per heavy atom. The number of halogens is 1. The van der Waals surface area contributed by atoms with Crippen LogP contribution in [0.3, 0.4) is 0 Å². The van der Waals surface area contributed by atoms with Crippen LogP contribution in [-0.2, 0) is 0 Å². The van der Waals surface area contributed by atoms with Crippen LogP contribution in [0, 0.1) is 16.0 Å². The largest absolute Gasteiger partial charge is 0.348 e. The molecule has 0 bridgehead atoms. The topological polar surface area (TPSA) is 59.3 Å². The van der Waals surface area contributed by atoms with E-state index in [1.807, 2.05) is 0 Å². The van der Waals surface area contributed by atoms with E-state index in [1.54, 1.807) is 0 Å². The lowest BCUT2D eigenvalue weighted by molar-refractivity contribution is -0.384. The second kappa shape index (κ2) is 4.96. The molecule has 0 amide bonds. The van der Waals surface area contributed by atoms with Gasteiger partial charge >= 0.3 is 5.69 Å². The maximum absolute atomic E-state index is 11.1. The van der Waals surface area contributed by atoms with E-state index in [1.165, 1.54) is 31.4 Å². The van der Waals surface area contributed by atoms with E-state index in [4.69, 9.17) is 11.6 Å². The molecule has 1 saturated carbocycles. The maximum atomic E-state index is 11.1. The van der Waals surface area contributed by atoms with Gasteiger partial charge in [-0.3, -0.25) is 10.1 Å². The Kier molecular flexibility index (Phi) is 3.31. The fourth-order valence-electron chi connectivity index (χ4n) is 3.44. The number of pyridine rings is 1. The number of anilines is 1. The summed E-state index contributed by atoms with van der Waals surface area (Å²) in [5.74, 6) is 1.11. The van der Waals surface area contributed by atoms with E-state index in [9.17, 15) is 10.1 Å². The summed E-state index contributed by atoms with van der Waals surface area (Å²) in [5, 5.41) is 11.5. The predicted octanol–water partition coefficient (Wildman–Crippen LogP) is 3.41. The Morgan fingerprint density at radius 3 is 2.89 bits per heavy atom. The highest BCUT2D eigenvalue weighted by molar-refractivity contribution is 6.29. The van der Waals surface area contributed by atoms with Gasteiger partial charge in [-0.2, -0.15) is 0 Å². The first kappa shape index (κ1) is 12.7. The zero-order valence-corrected chi connectivity index (χ0v) is 11.3. The third kappa shape index (κ3) is 2.27. The smallest absolute Gasteiger partial charge is 0.311 e. The van der Waals surface area contributed by atoms with Gasteiger partial charge in [0, 0.05) is 18.7 Å². The molecule has 2 aliphatic rings. The lowest BCUT2D eigenvalue weighted by Crippen LogP contribution is -2.35. The molecule has 102 valence electrons. The van der Waals surface area contributed by atoms with Gasteiger partial charge in [0.25, 0.3) is 0 Å². The second-order valence-electron chi connectivity index (χ2n) is 5.33. The summed E-state index contributed by atoms with van der Waals surface area (Å²) in [6.45, 7) is 0.851. The summed E-state index contributed by atoms with van der Waals surface area (Å²) < 4.78 is 0. The zero-order valence-electron chi connectivity index (χ0n) is 10.6. The van der Waals surface area contributed by atoms with Crippen LogP contribution in [0.1, 0.15) is 32.1 Å². The van der Waals surface area contributed by atoms with Crippen molar-refractivity contribution >= 4 is 23.1 Å². The molecule has 1 aromatic heterocycles. The molecule has 1 aliphatic carbocycles. The third-order valence-electron chi connectivity index (χ3n) is 4.30. The number of hydrogen-bond donors (Lipinski definition) is 0. The molecule has 3 rings (SSSR count). The highest BCUT2D eigenvalue weighted by Gasteiger charge is 2.38. The monoisotopic (exact) mass is 281 g/mol. The summed E-state index contributed by atoms with van der Waals surface area (Å²) in [6, 6.07) is 3.34. The van der Waals surface area contributed by atoms with Crippen molar-refractivity contribution in [2.75, 3.05) is 11.4 Å². The number of aromatic nitrogens is 1. The maximum Gasteiger partial charge on any atom is 0.311 e. The Hall–Kier alpha value is -1.36. The van der Waals surface area contributed by atoms with Gasteiger partial charge in [0.15, 0.2) is 0 Å². The SMILES string of the molecule is O=[N+]([O-])c1ccc(Cl)nc1N1CCC2CCCCC21. The summed E-state index contributed by atoms with van der Waals surface area (Å²) in [6.07, 6.45) is 5.92. The molecule has 5 nitrogen and oxygen atoms in total. The lowest BCUT2D eigenvalue weighted by Gasteiger charge is -2.32. The van der Waals surface area contributed by atoms with E-state index in [2.05, 4.69) is 9.88 Å². The number of hydrogen-bond acceptors (Lipinski definition) is 4. The van der Waals surface area contributed by atoms with Crippen molar-refractivity contribution < 1.29 is 4.92 Å². The third-order valence-corrected chi connectivity index (χ3v) is 4.51. The van der Waals surface area contributed by atoms with Crippen LogP contribution >= 0.6 is 11.6 Å². The van der Waals surface area contributed by atoms with E-state index in [0.717, 1.165) is 19.4 Å². The zero-order chi connectivity index (χ0) is 13.4. The molecule has 1 aromatic rings. The highest BCUT2D eigenvalue weighted by Crippen LogP contribution is 2.41. The molecule has 0 spiro atoms. The Balaban J connectivity index is 1.97. The van der Waals surface area contributed by atoms with Crippen molar-refractivity contribution in [2.24, 2.45) is 5.92 Å². The van der Waals surface area contributed by atoms with Crippen molar-refractivity contribution in [2.45, 2.75) is 38.1 Å². The molecule has 1 saturated heterocycles. The quantitative estimate of drug-likeness (QED) is 0.473. The van der Waals surface area contributed by atoms with Crippen LogP contribution in [-0.4, -0.2) is 22.5 Å². The number of nitro groups is 1. The minimum atomic E-state index is -0.366. The molecule has 0 radical (unpaired) electrons. The van der Waals surface area contributed by atoms with Gasteiger partial charge in [-0.1, -0.05) is 24.4 Å². The molecule has 6 heteroatoms. The average Bonchev–Trinajstić information content (AvgIpc) is 2.82. The fourth-order valence-corrected chi connectivity index (χ4v) is 3.58. The van der Waals surface area contributed by atoms with Crippen LogP contribution in [0.15, 0.2) is 12.1 Å². The van der Waals surface area contributed by atoms with Crippen LogP contribution in [0.5, 0.6) is 0 Å². The minimum Gasteiger partial charge on any atom is -0.348 e. The van der Waals surface area contributed by atoms with Crippen LogP contribution in [0.25, 0.3) is 0 Å². The molecule has 1 aliphatic heterocycles. The molecule has 2 atom stereocenters. The van der Waals surface area contributed by atoms with Crippen molar-refractivity contribution in [3.63, 3.8) is 0 Å². The van der Waals surface area contributed by atoms with Crippen LogP contribution < -0.4 is 4.90 Å². The Labute approximate surface area is 116 Å². The van der Waals surface area contributed by atoms with E-state index in [0.29, 0.717) is 22.9 Å². The Bertz CT molecular complexity index is 509.